The van der Waals surface area contributed by atoms with Gasteiger partial charge >= 0.3 is 6.01 Å². The number of nitrogens with zero attached hydrogens (tertiary/aromatic N) is 2. The molecule has 0 aliphatic heterocycles. The van der Waals surface area contributed by atoms with E-state index >= 15 is 0 Å². The van der Waals surface area contributed by atoms with Crippen molar-refractivity contribution in [2.45, 2.75) is 39.0 Å². The average Bonchev–Trinajstić information content (AvgIpc) is 2.71. The van der Waals surface area contributed by atoms with Crippen LogP contribution in [-0.4, -0.2) is 29.5 Å². The molecule has 2 unspecified atom stereocenters. The van der Waals surface area contributed by atoms with E-state index in [2.05, 4.69) is 29.4 Å². The minimum atomic E-state index is 0.0755. The van der Waals surface area contributed by atoms with E-state index in [-0.39, 0.29) is 18.1 Å². The van der Waals surface area contributed by atoms with Crippen LogP contribution in [0.5, 0.6) is 0 Å². The van der Waals surface area contributed by atoms with Crippen molar-refractivity contribution < 1.29 is 9.15 Å². The molecule has 0 saturated heterocycles. The Hall–Kier alpha value is -1.14. The molecule has 0 aromatic carbocycles. The van der Waals surface area contributed by atoms with Crippen molar-refractivity contribution in [1.82, 2.24) is 10.2 Å². The predicted molar refractivity (Wildman–Crippen MR) is 58.8 cm³/mol. The molecule has 1 aliphatic carbocycles. The number of nitrogens with two attached hydrogens (primary N) is 1. The minimum absolute atomic E-state index is 0.0755. The van der Waals surface area contributed by atoms with Crippen LogP contribution >= 0.6 is 0 Å². The monoisotopic (exact) mass is 226 g/mol. The van der Waals surface area contributed by atoms with E-state index in [0.29, 0.717) is 17.9 Å². The molecule has 1 heterocycles. The van der Waals surface area contributed by atoms with Crippen LogP contribution in [0.1, 0.15) is 26.2 Å². The van der Waals surface area contributed by atoms with Gasteiger partial charge in [0.2, 0.25) is 5.89 Å². The molecule has 90 valence electrons. The van der Waals surface area contributed by atoms with Gasteiger partial charge in [-0.15, -0.1) is 5.10 Å². The third kappa shape index (κ3) is 1.78. The number of anilines is 1. The molecular weight excluding hydrogens is 208 g/mol. The Morgan fingerprint density at radius 1 is 1.56 bits per heavy atom. The summed E-state index contributed by atoms with van der Waals surface area (Å²) in [7, 11) is 1.74. The largest absolute Gasteiger partial charge is 0.407 e. The molecular formula is C10H18N4O2. The smallest absolute Gasteiger partial charge is 0.315 e. The first-order valence-corrected chi connectivity index (χ1v) is 5.39. The number of hydrogen-bond donors (Lipinski definition) is 2. The van der Waals surface area contributed by atoms with E-state index in [1.807, 2.05) is 0 Å². The molecule has 0 amide bonds. The fraction of sp³-hybridized carbons (Fsp3) is 0.800. The van der Waals surface area contributed by atoms with Crippen LogP contribution in [0.15, 0.2) is 4.42 Å². The summed E-state index contributed by atoms with van der Waals surface area (Å²) < 4.78 is 10.7. The van der Waals surface area contributed by atoms with Gasteiger partial charge in [-0.2, -0.15) is 0 Å². The first-order chi connectivity index (χ1) is 7.57. The number of ether oxygens (including phenoxy) is 1. The van der Waals surface area contributed by atoms with E-state index < -0.39 is 0 Å². The second-order valence-corrected chi connectivity index (χ2v) is 4.68. The maximum absolute atomic E-state index is 5.39. The number of methoxy groups -OCH3 is 1. The van der Waals surface area contributed by atoms with Crippen LogP contribution in [0.2, 0.25) is 0 Å². The zero-order valence-corrected chi connectivity index (χ0v) is 9.86. The molecule has 1 fully saturated rings. The van der Waals surface area contributed by atoms with Gasteiger partial charge in [0.15, 0.2) is 0 Å². The second-order valence-electron chi connectivity index (χ2n) is 4.68. The Bertz CT molecular complexity index is 363. The van der Waals surface area contributed by atoms with Gasteiger partial charge in [-0.25, -0.2) is 0 Å². The normalized spacial score (nSPS) is 27.5. The summed E-state index contributed by atoms with van der Waals surface area (Å²) >= 11 is 0. The summed E-state index contributed by atoms with van der Waals surface area (Å²) in [6, 6.07) is 0.733. The summed E-state index contributed by atoms with van der Waals surface area (Å²) in [6.07, 6.45) is 1.23. The number of nitrogens with one attached hydrogen (secondary N) is 1. The summed E-state index contributed by atoms with van der Waals surface area (Å²) in [5.74, 6) is 0.447. The van der Waals surface area contributed by atoms with Crippen molar-refractivity contribution in [2.75, 3.05) is 12.4 Å². The van der Waals surface area contributed by atoms with E-state index in [1.54, 1.807) is 7.11 Å². The molecule has 2 atom stereocenters. The lowest BCUT2D eigenvalue weighted by Crippen LogP contribution is -2.57. The van der Waals surface area contributed by atoms with Crippen molar-refractivity contribution in [3.8, 4) is 0 Å². The molecule has 0 spiro atoms. The SMILES string of the molecule is COC1CC(Nc2nnc(CN)o2)C1(C)C. The molecule has 3 N–H and O–H groups in total. The van der Waals surface area contributed by atoms with Crippen LogP contribution in [0.4, 0.5) is 6.01 Å². The zero-order chi connectivity index (χ0) is 11.8. The number of aromatic nitrogens is 2. The van der Waals surface area contributed by atoms with Crippen LogP contribution in [0, 0.1) is 5.41 Å². The molecule has 2 rings (SSSR count). The van der Waals surface area contributed by atoms with Crippen molar-refractivity contribution in [2.24, 2.45) is 11.1 Å². The van der Waals surface area contributed by atoms with Crippen LogP contribution in [0.3, 0.4) is 0 Å². The first kappa shape index (κ1) is 11.3. The van der Waals surface area contributed by atoms with Gasteiger partial charge < -0.3 is 20.2 Å². The van der Waals surface area contributed by atoms with Gasteiger partial charge in [0, 0.05) is 18.6 Å². The third-order valence-corrected chi connectivity index (χ3v) is 3.40. The minimum Gasteiger partial charge on any atom is -0.407 e. The van der Waals surface area contributed by atoms with Gasteiger partial charge in [-0.1, -0.05) is 18.9 Å². The highest BCUT2D eigenvalue weighted by Crippen LogP contribution is 2.43. The predicted octanol–water partition coefficient (Wildman–Crippen LogP) is 0.754. The van der Waals surface area contributed by atoms with Gasteiger partial charge in [0.1, 0.15) is 0 Å². The summed E-state index contributed by atoms with van der Waals surface area (Å²) in [6.45, 7) is 4.58. The topological polar surface area (TPSA) is 86.2 Å². The van der Waals surface area contributed by atoms with Gasteiger partial charge in [-0.3, -0.25) is 0 Å². The molecule has 0 bridgehead atoms. The highest BCUT2D eigenvalue weighted by Gasteiger charge is 2.49. The van der Waals surface area contributed by atoms with Crippen LogP contribution in [-0.2, 0) is 11.3 Å². The highest BCUT2D eigenvalue weighted by molar-refractivity contribution is 5.25. The summed E-state index contributed by atoms with van der Waals surface area (Å²) in [5.41, 5.74) is 5.47. The lowest BCUT2D eigenvalue weighted by atomic mass is 9.64. The number of hydrogen-bond acceptors (Lipinski definition) is 6. The van der Waals surface area contributed by atoms with Gasteiger partial charge in [0.05, 0.1) is 12.6 Å². The van der Waals surface area contributed by atoms with Crippen molar-refractivity contribution in [3.63, 3.8) is 0 Å². The van der Waals surface area contributed by atoms with Gasteiger partial charge in [-0.05, 0) is 6.42 Å². The molecule has 1 aliphatic rings. The standard InChI is InChI=1S/C10H18N4O2/c1-10(2)6(4-7(10)15-3)12-9-14-13-8(5-11)16-9/h6-7H,4-5,11H2,1-3H3,(H,12,14). The Morgan fingerprint density at radius 2 is 2.31 bits per heavy atom. The Kier molecular flexibility index (Phi) is 2.86. The van der Waals surface area contributed by atoms with Crippen LogP contribution < -0.4 is 11.1 Å². The zero-order valence-electron chi connectivity index (χ0n) is 9.86. The molecule has 1 aromatic rings. The number of rotatable bonds is 4. The molecule has 6 nitrogen and oxygen atoms in total. The van der Waals surface area contributed by atoms with E-state index in [1.165, 1.54) is 0 Å². The maximum Gasteiger partial charge on any atom is 0.315 e. The van der Waals surface area contributed by atoms with Crippen molar-refractivity contribution in [3.05, 3.63) is 5.89 Å². The lowest BCUT2D eigenvalue weighted by Gasteiger charge is -2.50. The average molecular weight is 226 g/mol. The van der Waals surface area contributed by atoms with E-state index in [9.17, 15) is 0 Å². The quantitative estimate of drug-likeness (QED) is 0.788. The van der Waals surface area contributed by atoms with Crippen molar-refractivity contribution in [1.29, 1.82) is 0 Å². The van der Waals surface area contributed by atoms with Gasteiger partial charge in [0.25, 0.3) is 0 Å². The molecule has 16 heavy (non-hydrogen) atoms. The fourth-order valence-corrected chi connectivity index (χ4v) is 2.07. The second kappa shape index (κ2) is 4.03. The molecule has 1 saturated carbocycles. The summed E-state index contributed by atoms with van der Waals surface area (Å²) in [4.78, 5) is 0. The lowest BCUT2D eigenvalue weighted by molar-refractivity contribution is -0.0800. The Labute approximate surface area is 94.6 Å². The fourth-order valence-electron chi connectivity index (χ4n) is 2.07. The first-order valence-electron chi connectivity index (χ1n) is 5.39. The molecule has 0 radical (unpaired) electrons. The Balaban J connectivity index is 1.96. The highest BCUT2D eigenvalue weighted by atomic mass is 16.5. The van der Waals surface area contributed by atoms with E-state index in [4.69, 9.17) is 14.9 Å². The summed E-state index contributed by atoms with van der Waals surface area (Å²) in [5, 5.41) is 10.9. The Morgan fingerprint density at radius 3 is 2.81 bits per heavy atom. The van der Waals surface area contributed by atoms with Crippen molar-refractivity contribution >= 4 is 6.01 Å². The maximum atomic E-state index is 5.39. The molecule has 1 aromatic heterocycles. The third-order valence-electron chi connectivity index (χ3n) is 3.40. The molecule has 6 heteroatoms. The van der Waals surface area contributed by atoms with E-state index in [0.717, 1.165) is 6.42 Å². The van der Waals surface area contributed by atoms with Crippen LogP contribution in [0.25, 0.3) is 0 Å².